The van der Waals surface area contributed by atoms with Crippen molar-refractivity contribution < 1.29 is 24.7 Å². The fourth-order valence-electron chi connectivity index (χ4n) is 0.882. The van der Waals surface area contributed by atoms with E-state index in [-0.39, 0.29) is 18.9 Å². The number of nitrogens with one attached hydrogen (secondary N) is 1. The number of hydrogen-bond acceptors (Lipinski definition) is 5. The second-order valence-electron chi connectivity index (χ2n) is 4.06. The maximum atomic E-state index is 10.00. The molecule has 0 saturated heterocycles. The zero-order valence-electron chi connectivity index (χ0n) is 12.8. The maximum Gasteiger partial charge on any atom is 0.451 e. The first-order chi connectivity index (χ1) is 9.35. The van der Waals surface area contributed by atoms with Crippen molar-refractivity contribution in [2.75, 3.05) is 13.6 Å². The molecule has 0 fully saturated rings. The summed E-state index contributed by atoms with van der Waals surface area (Å²) in [4.78, 5) is 19.9. The molecule has 0 rings (SSSR count). The Morgan fingerprint density at radius 2 is 1.65 bits per heavy atom. The highest BCUT2D eigenvalue weighted by Crippen LogP contribution is 2.03. The largest absolute Gasteiger partial charge is 0.481 e. The number of carbonyl (C=O) groups excluding carboxylic acids is 1. The molecule has 120 valence electrons. The Morgan fingerprint density at radius 3 is 1.90 bits per heavy atom. The van der Waals surface area contributed by atoms with Crippen LogP contribution in [-0.2, 0) is 9.59 Å². The predicted octanol–water partition coefficient (Wildman–Crippen LogP) is 0.212. The Hall–Kier alpha value is -1.12. The van der Waals surface area contributed by atoms with E-state index < -0.39 is 13.1 Å². The summed E-state index contributed by atoms with van der Waals surface area (Å²) in [7, 11) is 0.301. The van der Waals surface area contributed by atoms with Gasteiger partial charge in [-0.15, -0.1) is 0 Å². The number of carbonyl (C=O) groups is 2. The molecule has 20 heavy (non-hydrogen) atoms. The van der Waals surface area contributed by atoms with E-state index in [1.165, 1.54) is 6.42 Å². The molecule has 0 aliphatic rings. The van der Waals surface area contributed by atoms with E-state index in [1.54, 1.807) is 7.05 Å². The molecule has 0 unspecified atom stereocenters. The van der Waals surface area contributed by atoms with Crippen LogP contribution in [0.3, 0.4) is 0 Å². The molecule has 0 heterocycles. The average Bonchev–Trinajstić information content (AvgIpc) is 2.38. The number of nitrogens with two attached hydrogens (primary N) is 1. The van der Waals surface area contributed by atoms with Gasteiger partial charge in [0.1, 0.15) is 0 Å². The Kier molecular flexibility index (Phi) is 24.2. The molecule has 1 amide bonds. The highest BCUT2D eigenvalue weighted by molar-refractivity contribution is 6.40. The third-order valence-electron chi connectivity index (χ3n) is 1.82. The molecule has 8 heteroatoms. The van der Waals surface area contributed by atoms with E-state index >= 15 is 0 Å². The summed E-state index contributed by atoms with van der Waals surface area (Å²) in [6.45, 7) is 4.33. The first kappa shape index (κ1) is 23.9. The minimum absolute atomic E-state index is 0.0799. The third-order valence-corrected chi connectivity index (χ3v) is 1.82. The normalized spacial score (nSPS) is 8.50. The van der Waals surface area contributed by atoms with Gasteiger partial charge >= 0.3 is 13.1 Å². The van der Waals surface area contributed by atoms with Gasteiger partial charge in [-0.05, 0) is 12.7 Å². The Bertz CT molecular complexity index is 222. The number of rotatable bonds is 7. The van der Waals surface area contributed by atoms with Crippen LogP contribution < -0.4 is 11.1 Å². The molecule has 0 aliphatic carbocycles. The van der Waals surface area contributed by atoms with Crippen molar-refractivity contribution in [2.24, 2.45) is 5.73 Å². The lowest BCUT2D eigenvalue weighted by molar-refractivity contribution is -0.137. The molecule has 0 aromatic rings. The SMILES string of the molecule is CCC.CNC(=O)CN.O=C(O)CCCCCB(O)O. The summed E-state index contributed by atoms with van der Waals surface area (Å²) >= 11 is 0. The molecule has 0 aromatic carbocycles. The van der Waals surface area contributed by atoms with Crippen molar-refractivity contribution in [3.63, 3.8) is 0 Å². The summed E-state index contributed by atoms with van der Waals surface area (Å²) < 4.78 is 0. The second-order valence-corrected chi connectivity index (χ2v) is 4.06. The van der Waals surface area contributed by atoms with Crippen LogP contribution in [0.4, 0.5) is 0 Å². The Balaban J connectivity index is -0.000000270. The van der Waals surface area contributed by atoms with Crippen LogP contribution in [0.5, 0.6) is 0 Å². The fraction of sp³-hybridized carbons (Fsp3) is 0.833. The molecule has 0 bridgehead atoms. The van der Waals surface area contributed by atoms with Crippen molar-refractivity contribution in [1.29, 1.82) is 0 Å². The maximum absolute atomic E-state index is 10.00. The molecule has 0 spiro atoms. The summed E-state index contributed by atoms with van der Waals surface area (Å²) in [6.07, 6.45) is 3.78. The number of carboxylic acid groups (broad SMARTS) is 1. The van der Waals surface area contributed by atoms with Crippen LogP contribution in [-0.4, -0.2) is 47.7 Å². The lowest BCUT2D eigenvalue weighted by Gasteiger charge is -1.97. The highest BCUT2D eigenvalue weighted by Gasteiger charge is 2.05. The quantitative estimate of drug-likeness (QED) is 0.336. The molecule has 0 atom stereocenters. The summed E-state index contributed by atoms with van der Waals surface area (Å²) in [6, 6.07) is 0. The topological polar surface area (TPSA) is 133 Å². The van der Waals surface area contributed by atoms with Gasteiger partial charge in [0.25, 0.3) is 0 Å². The van der Waals surface area contributed by atoms with Crippen molar-refractivity contribution >= 4 is 19.0 Å². The molecular formula is C12H29BN2O5. The van der Waals surface area contributed by atoms with Crippen LogP contribution in [0.2, 0.25) is 6.32 Å². The van der Waals surface area contributed by atoms with E-state index in [2.05, 4.69) is 19.2 Å². The number of amides is 1. The first-order valence-electron chi connectivity index (χ1n) is 6.84. The summed E-state index contributed by atoms with van der Waals surface area (Å²) in [5.74, 6) is -0.926. The van der Waals surface area contributed by atoms with Crippen LogP contribution in [0.1, 0.15) is 46.0 Å². The summed E-state index contributed by atoms with van der Waals surface area (Å²) in [5, 5.41) is 27.4. The van der Waals surface area contributed by atoms with Crippen molar-refractivity contribution in [3.05, 3.63) is 0 Å². The smallest absolute Gasteiger partial charge is 0.451 e. The Morgan fingerprint density at radius 1 is 1.15 bits per heavy atom. The zero-order valence-corrected chi connectivity index (χ0v) is 12.8. The number of unbranched alkanes of at least 4 members (excludes halogenated alkanes) is 2. The van der Waals surface area contributed by atoms with Gasteiger partial charge in [-0.3, -0.25) is 9.59 Å². The van der Waals surface area contributed by atoms with Crippen LogP contribution in [0.25, 0.3) is 0 Å². The second kappa shape index (κ2) is 20.2. The number of likely N-dealkylation sites (N-methyl/N-ethyl adjacent to an activating group) is 1. The van der Waals surface area contributed by atoms with Gasteiger partial charge < -0.3 is 26.2 Å². The van der Waals surface area contributed by atoms with Gasteiger partial charge in [0.2, 0.25) is 5.91 Å². The monoisotopic (exact) mass is 292 g/mol. The van der Waals surface area contributed by atoms with Crippen molar-refractivity contribution in [2.45, 2.75) is 52.3 Å². The van der Waals surface area contributed by atoms with Crippen LogP contribution in [0.15, 0.2) is 0 Å². The highest BCUT2D eigenvalue weighted by atomic mass is 16.4. The van der Waals surface area contributed by atoms with E-state index in [0.29, 0.717) is 19.2 Å². The predicted molar refractivity (Wildman–Crippen MR) is 80.2 cm³/mol. The van der Waals surface area contributed by atoms with Crippen LogP contribution in [0, 0.1) is 0 Å². The minimum atomic E-state index is -1.25. The van der Waals surface area contributed by atoms with Gasteiger partial charge in [-0.1, -0.05) is 33.1 Å². The minimum Gasteiger partial charge on any atom is -0.481 e. The Labute approximate surface area is 121 Å². The summed E-state index contributed by atoms with van der Waals surface area (Å²) in [5.41, 5.74) is 4.87. The standard InChI is InChI=1S/C6H13BO4.C3H8N2O.C3H8/c8-6(9)4-2-1-3-5-7(10)11;1-5-3(6)2-4;1-3-2/h10-11H,1-5H2,(H,8,9);2,4H2,1H3,(H,5,6);3H2,1-2H3. The van der Waals surface area contributed by atoms with E-state index in [1.807, 2.05) is 0 Å². The van der Waals surface area contributed by atoms with Gasteiger partial charge in [-0.2, -0.15) is 0 Å². The first-order valence-corrected chi connectivity index (χ1v) is 6.84. The average molecular weight is 292 g/mol. The lowest BCUT2D eigenvalue weighted by atomic mass is 9.83. The molecule has 0 radical (unpaired) electrons. The molecular weight excluding hydrogens is 263 g/mol. The number of carboxylic acids is 1. The van der Waals surface area contributed by atoms with E-state index in [9.17, 15) is 9.59 Å². The molecule has 0 saturated carbocycles. The van der Waals surface area contributed by atoms with Gasteiger partial charge in [-0.25, -0.2) is 0 Å². The van der Waals surface area contributed by atoms with Gasteiger partial charge in [0, 0.05) is 13.5 Å². The zero-order chi connectivity index (χ0) is 16.4. The molecule has 7 nitrogen and oxygen atoms in total. The number of hydrogen-bond donors (Lipinski definition) is 5. The third kappa shape index (κ3) is 36.0. The number of aliphatic carboxylic acids is 1. The molecule has 0 aromatic heterocycles. The van der Waals surface area contributed by atoms with E-state index in [4.69, 9.17) is 20.9 Å². The van der Waals surface area contributed by atoms with Crippen molar-refractivity contribution in [1.82, 2.24) is 5.32 Å². The van der Waals surface area contributed by atoms with Gasteiger partial charge in [0.05, 0.1) is 6.54 Å². The molecule has 0 aliphatic heterocycles. The van der Waals surface area contributed by atoms with Crippen molar-refractivity contribution in [3.8, 4) is 0 Å². The van der Waals surface area contributed by atoms with Crippen LogP contribution >= 0.6 is 0 Å². The van der Waals surface area contributed by atoms with E-state index in [0.717, 1.165) is 6.42 Å². The molecule has 6 N–H and O–H groups in total. The lowest BCUT2D eigenvalue weighted by Crippen LogP contribution is -2.26. The fourth-order valence-corrected chi connectivity index (χ4v) is 0.882. The van der Waals surface area contributed by atoms with Gasteiger partial charge in [0.15, 0.2) is 0 Å².